The SMILES string of the molecule is CCC=CCC=CCC=CCC=CCC=CCCCC(=O)N1CCC(CNC(=O)C2=CC(=O)C(C)(c3ccccc3)O2)CC1. The van der Waals surface area contributed by atoms with Gasteiger partial charge < -0.3 is 15.0 Å². The molecule has 0 radical (unpaired) electrons. The van der Waals surface area contributed by atoms with Crippen molar-refractivity contribution in [3.05, 3.63) is 108 Å². The van der Waals surface area contributed by atoms with Gasteiger partial charge in [0.25, 0.3) is 5.91 Å². The fraction of sp³-hybridized carbons (Fsp3) is 0.447. The molecule has 0 bridgehead atoms. The standard InChI is InChI=1S/C38H50N2O4/c1-3-4-5-6-7-8-9-10-11-12-13-14-15-16-17-18-22-25-36(42)40-28-26-32(27-29-40)31-39-37(43)34-30-35(41)38(2,44-34)33-23-20-19-21-24-33/h4-5,7-8,10-11,13-14,16-17,19-21,23-24,30,32H,3,6,9,12,15,18,22,25-29,31H2,1-2H3,(H,39,43). The molecule has 1 unspecified atom stereocenters. The number of ketones is 1. The van der Waals surface area contributed by atoms with Crippen LogP contribution in [-0.4, -0.2) is 42.1 Å². The van der Waals surface area contributed by atoms with Crippen LogP contribution in [-0.2, 0) is 24.7 Å². The molecule has 44 heavy (non-hydrogen) atoms. The molecule has 236 valence electrons. The molecule has 2 aliphatic rings. The summed E-state index contributed by atoms with van der Waals surface area (Å²) in [7, 11) is 0. The molecule has 1 atom stereocenters. The number of unbranched alkanes of at least 4 members (excludes halogenated alkanes) is 1. The second-order valence-corrected chi connectivity index (χ2v) is 11.5. The van der Waals surface area contributed by atoms with Gasteiger partial charge in [-0.05, 0) is 70.6 Å². The average Bonchev–Trinajstić information content (AvgIpc) is 3.36. The van der Waals surface area contributed by atoms with Gasteiger partial charge >= 0.3 is 0 Å². The number of carbonyl (C=O) groups is 3. The van der Waals surface area contributed by atoms with Crippen LogP contribution in [0.25, 0.3) is 0 Å². The fourth-order valence-corrected chi connectivity index (χ4v) is 5.23. The smallest absolute Gasteiger partial charge is 0.286 e. The van der Waals surface area contributed by atoms with E-state index >= 15 is 0 Å². The first-order valence-corrected chi connectivity index (χ1v) is 16.3. The molecular weight excluding hydrogens is 548 g/mol. The van der Waals surface area contributed by atoms with E-state index in [1.165, 1.54) is 6.08 Å². The van der Waals surface area contributed by atoms with Crippen molar-refractivity contribution in [2.75, 3.05) is 19.6 Å². The summed E-state index contributed by atoms with van der Waals surface area (Å²) in [6, 6.07) is 9.22. The third-order valence-corrected chi connectivity index (χ3v) is 8.03. The highest BCUT2D eigenvalue weighted by molar-refractivity contribution is 6.07. The van der Waals surface area contributed by atoms with E-state index in [4.69, 9.17) is 4.74 Å². The van der Waals surface area contributed by atoms with Crippen molar-refractivity contribution in [1.29, 1.82) is 0 Å². The van der Waals surface area contributed by atoms with E-state index in [0.29, 0.717) is 32.0 Å². The summed E-state index contributed by atoms with van der Waals surface area (Å²) in [5.41, 5.74) is -0.452. The maximum atomic E-state index is 12.7. The predicted octanol–water partition coefficient (Wildman–Crippen LogP) is 7.66. The van der Waals surface area contributed by atoms with Gasteiger partial charge in [-0.25, -0.2) is 0 Å². The van der Waals surface area contributed by atoms with E-state index in [1.807, 2.05) is 35.2 Å². The van der Waals surface area contributed by atoms with Gasteiger partial charge in [-0.2, -0.15) is 0 Å². The number of carbonyl (C=O) groups excluding carboxylic acids is 3. The summed E-state index contributed by atoms with van der Waals surface area (Å²) in [5, 5.41) is 2.93. The second-order valence-electron chi connectivity index (χ2n) is 11.5. The Balaban J connectivity index is 1.22. The van der Waals surface area contributed by atoms with Gasteiger partial charge in [0.2, 0.25) is 11.7 Å². The highest BCUT2D eigenvalue weighted by atomic mass is 16.5. The molecule has 1 saturated heterocycles. The Morgan fingerprint density at radius 3 is 2.05 bits per heavy atom. The van der Waals surface area contributed by atoms with E-state index in [-0.39, 0.29) is 23.4 Å². The van der Waals surface area contributed by atoms with Gasteiger partial charge in [0.05, 0.1) is 0 Å². The third-order valence-electron chi connectivity index (χ3n) is 8.03. The van der Waals surface area contributed by atoms with Crippen molar-refractivity contribution in [2.24, 2.45) is 5.92 Å². The third kappa shape index (κ3) is 11.6. The molecule has 2 heterocycles. The molecular formula is C38H50N2O4. The van der Waals surface area contributed by atoms with E-state index in [0.717, 1.165) is 63.4 Å². The van der Waals surface area contributed by atoms with Crippen LogP contribution in [0.2, 0.25) is 0 Å². The summed E-state index contributed by atoms with van der Waals surface area (Å²) >= 11 is 0. The Hall–Kier alpha value is -3.93. The molecule has 2 amide bonds. The van der Waals surface area contributed by atoms with Crippen LogP contribution in [0, 0.1) is 5.92 Å². The van der Waals surface area contributed by atoms with Gasteiger partial charge in [-0.3, -0.25) is 14.4 Å². The van der Waals surface area contributed by atoms with Crippen molar-refractivity contribution in [3.63, 3.8) is 0 Å². The molecule has 1 aromatic rings. The molecule has 3 rings (SSSR count). The van der Waals surface area contributed by atoms with Crippen molar-refractivity contribution in [2.45, 2.75) is 83.7 Å². The molecule has 0 saturated carbocycles. The molecule has 0 aliphatic carbocycles. The summed E-state index contributed by atoms with van der Waals surface area (Å²) < 4.78 is 5.84. The molecule has 1 N–H and O–H groups in total. The quantitative estimate of drug-likeness (QED) is 0.148. The first-order valence-electron chi connectivity index (χ1n) is 16.3. The van der Waals surface area contributed by atoms with Gasteiger partial charge in [0, 0.05) is 37.7 Å². The number of piperidine rings is 1. The zero-order valence-corrected chi connectivity index (χ0v) is 26.6. The first kappa shape index (κ1) is 34.6. The summed E-state index contributed by atoms with van der Waals surface area (Å²) in [6.07, 6.45) is 32.2. The summed E-state index contributed by atoms with van der Waals surface area (Å²) in [5.74, 6) is -0.0411. The average molecular weight is 599 g/mol. The van der Waals surface area contributed by atoms with Crippen LogP contribution in [0.15, 0.2) is 103 Å². The number of nitrogens with zero attached hydrogens (tertiary/aromatic N) is 1. The minimum atomic E-state index is -1.17. The molecule has 6 heteroatoms. The number of allylic oxidation sites excluding steroid dienone is 10. The number of hydrogen-bond donors (Lipinski definition) is 1. The zero-order valence-electron chi connectivity index (χ0n) is 26.6. The zero-order chi connectivity index (χ0) is 31.5. The van der Waals surface area contributed by atoms with E-state index < -0.39 is 5.60 Å². The number of rotatable bonds is 17. The highest BCUT2D eigenvalue weighted by Gasteiger charge is 2.43. The van der Waals surface area contributed by atoms with Gasteiger partial charge in [0.15, 0.2) is 11.4 Å². The second kappa shape index (κ2) is 19.4. The van der Waals surface area contributed by atoms with Crippen LogP contribution in [0.3, 0.4) is 0 Å². The Morgan fingerprint density at radius 1 is 0.886 bits per heavy atom. The fourth-order valence-electron chi connectivity index (χ4n) is 5.23. The number of hydrogen-bond acceptors (Lipinski definition) is 4. The molecule has 6 nitrogen and oxygen atoms in total. The lowest BCUT2D eigenvalue weighted by atomic mass is 9.92. The minimum absolute atomic E-state index is 0.0569. The van der Waals surface area contributed by atoms with Crippen molar-refractivity contribution in [3.8, 4) is 0 Å². The Kier molecular flexibility index (Phi) is 15.2. The molecule has 2 aliphatic heterocycles. The molecule has 1 fully saturated rings. The van der Waals surface area contributed by atoms with Gasteiger partial charge in [-0.1, -0.05) is 98.0 Å². The van der Waals surface area contributed by atoms with Crippen LogP contribution < -0.4 is 5.32 Å². The predicted molar refractivity (Wildman–Crippen MR) is 179 cm³/mol. The Labute approximate surface area is 264 Å². The summed E-state index contributed by atoms with van der Waals surface area (Å²) in [4.78, 5) is 40.0. The van der Waals surface area contributed by atoms with E-state index in [1.54, 1.807) is 6.92 Å². The van der Waals surface area contributed by atoms with Crippen molar-refractivity contribution >= 4 is 17.6 Å². The lowest BCUT2D eigenvalue weighted by Crippen LogP contribution is -2.41. The van der Waals surface area contributed by atoms with Crippen LogP contribution in [0.1, 0.15) is 83.6 Å². The number of benzene rings is 1. The Bertz CT molecular complexity index is 1230. The largest absolute Gasteiger partial charge is 0.469 e. The Morgan fingerprint density at radius 2 is 1.45 bits per heavy atom. The maximum Gasteiger partial charge on any atom is 0.286 e. The van der Waals surface area contributed by atoms with Crippen LogP contribution in [0.4, 0.5) is 0 Å². The van der Waals surface area contributed by atoms with Gasteiger partial charge in [-0.15, -0.1) is 0 Å². The number of ether oxygens (including phenoxy) is 1. The number of amides is 2. The lowest BCUT2D eigenvalue weighted by Gasteiger charge is -2.32. The highest BCUT2D eigenvalue weighted by Crippen LogP contribution is 2.34. The van der Waals surface area contributed by atoms with Crippen molar-refractivity contribution in [1.82, 2.24) is 10.2 Å². The lowest BCUT2D eigenvalue weighted by molar-refractivity contribution is -0.134. The van der Waals surface area contributed by atoms with E-state index in [2.05, 4.69) is 73.0 Å². The minimum Gasteiger partial charge on any atom is -0.469 e. The molecule has 1 aromatic carbocycles. The molecule has 0 aromatic heterocycles. The summed E-state index contributed by atoms with van der Waals surface area (Å²) in [6.45, 7) is 5.77. The number of nitrogens with one attached hydrogen (secondary N) is 1. The van der Waals surface area contributed by atoms with Crippen LogP contribution >= 0.6 is 0 Å². The monoisotopic (exact) mass is 598 g/mol. The molecule has 0 spiro atoms. The van der Waals surface area contributed by atoms with Crippen LogP contribution in [0.5, 0.6) is 0 Å². The normalized spacial score (nSPS) is 19.6. The van der Waals surface area contributed by atoms with E-state index in [9.17, 15) is 14.4 Å². The first-order chi connectivity index (χ1) is 21.4. The maximum absolute atomic E-state index is 12.7. The van der Waals surface area contributed by atoms with Gasteiger partial charge in [0.1, 0.15) is 0 Å². The van der Waals surface area contributed by atoms with Crippen molar-refractivity contribution < 1.29 is 19.1 Å². The topological polar surface area (TPSA) is 75.7 Å². The number of likely N-dealkylation sites (tertiary alicyclic amines) is 1.